The monoisotopic (exact) mass is 412 g/mol. The first kappa shape index (κ1) is 18.5. The van der Waals surface area contributed by atoms with Crippen LogP contribution in [0.5, 0.6) is 0 Å². The van der Waals surface area contributed by atoms with E-state index in [4.69, 9.17) is 4.74 Å². The Labute approximate surface area is 133 Å². The summed E-state index contributed by atoms with van der Waals surface area (Å²) >= 11 is -2.58. The second kappa shape index (κ2) is 7.17. The third kappa shape index (κ3) is 4.03. The van der Waals surface area contributed by atoms with Crippen molar-refractivity contribution < 1.29 is 24.2 Å². The van der Waals surface area contributed by atoms with E-state index in [9.17, 15) is 19.5 Å². The van der Waals surface area contributed by atoms with Crippen molar-refractivity contribution in [1.82, 2.24) is 0 Å². The average molecular weight is 412 g/mol. The van der Waals surface area contributed by atoms with Gasteiger partial charge in [0, 0.05) is 0 Å². The number of hydrogen-bond donors (Lipinski definition) is 1. The zero-order valence-corrected chi connectivity index (χ0v) is 15.5. The molecular formula is C15H25IO5. The molecule has 0 aromatic heterocycles. The van der Waals surface area contributed by atoms with E-state index in [1.54, 1.807) is 20.8 Å². The van der Waals surface area contributed by atoms with Crippen molar-refractivity contribution in [3.8, 4) is 0 Å². The summed E-state index contributed by atoms with van der Waals surface area (Å²) in [5.41, 5.74) is -0.961. The molecule has 122 valence electrons. The molecule has 2 unspecified atom stereocenters. The summed E-state index contributed by atoms with van der Waals surface area (Å²) in [4.78, 5) is 36.1. The molecule has 5 nitrogen and oxygen atoms in total. The molecule has 1 fully saturated rings. The van der Waals surface area contributed by atoms with Crippen LogP contribution < -0.4 is 0 Å². The first-order chi connectivity index (χ1) is 9.62. The summed E-state index contributed by atoms with van der Waals surface area (Å²) < 4.78 is 4.54. The number of Topliss-reactive ketones (excluding diaryl/α,β-unsaturated/α-hetero) is 1. The standard InChI is InChI=1S/C15H25IO5/c1-6-11(17)15(4,5)12(18)7-13(19)16-10(9(2)3)8-21-14(16)20/h9-10,12,18H,6-8H2,1-5H3. The topological polar surface area (TPSA) is 80.7 Å². The van der Waals surface area contributed by atoms with Gasteiger partial charge in [-0.25, -0.2) is 0 Å². The van der Waals surface area contributed by atoms with E-state index >= 15 is 0 Å². The summed E-state index contributed by atoms with van der Waals surface area (Å²) in [5.74, 6) is 0.133. The number of aliphatic hydroxyl groups excluding tert-OH is 1. The van der Waals surface area contributed by atoms with Gasteiger partial charge in [-0.1, -0.05) is 0 Å². The molecule has 1 heterocycles. The summed E-state index contributed by atoms with van der Waals surface area (Å²) in [7, 11) is 0. The molecule has 1 N–H and O–H groups in total. The molecular weight excluding hydrogens is 387 g/mol. The Morgan fingerprint density at radius 1 is 1.43 bits per heavy atom. The van der Waals surface area contributed by atoms with Crippen LogP contribution in [0, 0.1) is 11.3 Å². The minimum atomic E-state index is -2.58. The summed E-state index contributed by atoms with van der Waals surface area (Å²) in [6, 6.07) is 0. The number of aliphatic hydroxyl groups is 1. The number of carbonyl (C=O) groups excluding carboxylic acids is 3. The van der Waals surface area contributed by atoms with Crippen molar-refractivity contribution in [2.75, 3.05) is 6.61 Å². The molecule has 2 atom stereocenters. The Morgan fingerprint density at radius 2 is 2.00 bits per heavy atom. The number of alkyl halides is 1. The molecule has 21 heavy (non-hydrogen) atoms. The molecule has 1 rings (SSSR count). The van der Waals surface area contributed by atoms with Crippen LogP contribution in [0.3, 0.4) is 0 Å². The first-order valence-corrected chi connectivity index (χ1v) is 10.6. The van der Waals surface area contributed by atoms with Crippen LogP contribution in [0.15, 0.2) is 0 Å². The van der Waals surface area contributed by atoms with Crippen LogP contribution in [-0.4, -0.2) is 35.3 Å². The molecule has 6 heteroatoms. The molecule has 1 saturated heterocycles. The first-order valence-electron chi connectivity index (χ1n) is 7.22. The SMILES string of the molecule is CCC(=O)C(C)(C)C(O)CC(=O)I1C(=O)OCC1C(C)C. The van der Waals surface area contributed by atoms with Crippen molar-refractivity contribution >= 4 is 33.4 Å². The van der Waals surface area contributed by atoms with Crippen molar-refractivity contribution in [3.05, 3.63) is 0 Å². The fourth-order valence-corrected chi connectivity index (χ4v) is 7.62. The van der Waals surface area contributed by atoms with Crippen molar-refractivity contribution in [1.29, 1.82) is 0 Å². The summed E-state index contributed by atoms with van der Waals surface area (Å²) in [6.07, 6.45) is -0.852. The molecule has 0 aromatic rings. The summed E-state index contributed by atoms with van der Waals surface area (Å²) in [6.45, 7) is 9.30. The second-order valence-corrected chi connectivity index (χ2v) is 11.7. The van der Waals surface area contributed by atoms with E-state index in [0.29, 0.717) is 13.0 Å². The van der Waals surface area contributed by atoms with Crippen LogP contribution in [0.2, 0.25) is 0 Å². The van der Waals surface area contributed by atoms with Gasteiger partial charge >= 0.3 is 133 Å². The average Bonchev–Trinajstić information content (AvgIpc) is 2.79. The van der Waals surface area contributed by atoms with Gasteiger partial charge in [0.05, 0.1) is 0 Å². The van der Waals surface area contributed by atoms with Gasteiger partial charge in [-0.15, -0.1) is 0 Å². The number of halogens is 1. The van der Waals surface area contributed by atoms with Crippen LogP contribution >= 0.6 is 19.8 Å². The number of cyclic esters (lactones) is 1. The molecule has 0 radical (unpaired) electrons. The van der Waals surface area contributed by atoms with Gasteiger partial charge in [-0.05, 0) is 0 Å². The maximum atomic E-state index is 12.4. The number of rotatable bonds is 7. The van der Waals surface area contributed by atoms with Gasteiger partial charge in [-0.3, -0.25) is 0 Å². The molecule has 0 saturated carbocycles. The predicted octanol–water partition coefficient (Wildman–Crippen LogP) is 2.95. The van der Waals surface area contributed by atoms with Crippen LogP contribution in [-0.2, 0) is 14.3 Å². The van der Waals surface area contributed by atoms with Crippen molar-refractivity contribution in [2.45, 2.75) is 57.5 Å². The van der Waals surface area contributed by atoms with Crippen LogP contribution in [0.25, 0.3) is 0 Å². The van der Waals surface area contributed by atoms with Crippen LogP contribution in [0.1, 0.15) is 47.5 Å². The van der Waals surface area contributed by atoms with Gasteiger partial charge in [-0.2, -0.15) is 0 Å². The van der Waals surface area contributed by atoms with Crippen molar-refractivity contribution in [3.63, 3.8) is 0 Å². The van der Waals surface area contributed by atoms with Gasteiger partial charge in [0.25, 0.3) is 0 Å². The third-order valence-corrected chi connectivity index (χ3v) is 10.4. The van der Waals surface area contributed by atoms with E-state index in [-0.39, 0.29) is 29.8 Å². The summed E-state index contributed by atoms with van der Waals surface area (Å²) in [5, 5.41) is 10.3. The number of ether oxygens (including phenoxy) is 1. The van der Waals surface area contributed by atoms with E-state index in [1.807, 2.05) is 13.8 Å². The molecule has 0 aliphatic carbocycles. The Kier molecular flexibility index (Phi) is 6.34. The number of ketones is 1. The minimum absolute atomic E-state index is 0.00592. The quantitative estimate of drug-likeness (QED) is 0.395. The fourth-order valence-electron chi connectivity index (χ4n) is 2.20. The zero-order chi connectivity index (χ0) is 16.4. The van der Waals surface area contributed by atoms with E-state index in [1.165, 1.54) is 0 Å². The van der Waals surface area contributed by atoms with Crippen LogP contribution in [0.4, 0.5) is 4.79 Å². The number of carbonyl (C=O) groups is 3. The molecule has 0 amide bonds. The molecule has 1 aliphatic heterocycles. The van der Waals surface area contributed by atoms with Gasteiger partial charge in [0.15, 0.2) is 0 Å². The fraction of sp³-hybridized carbons (Fsp3) is 0.800. The third-order valence-electron chi connectivity index (χ3n) is 3.98. The maximum absolute atomic E-state index is 12.4. The van der Waals surface area contributed by atoms with E-state index < -0.39 is 31.3 Å². The Hall–Kier alpha value is -0.500. The second-order valence-electron chi connectivity index (χ2n) is 6.19. The molecule has 1 aliphatic rings. The Balaban J connectivity index is 2.80. The number of hydrogen-bond acceptors (Lipinski definition) is 5. The Bertz CT molecular complexity index is 430. The van der Waals surface area contributed by atoms with Gasteiger partial charge in [0.1, 0.15) is 0 Å². The van der Waals surface area contributed by atoms with Gasteiger partial charge < -0.3 is 0 Å². The molecule has 0 spiro atoms. The van der Waals surface area contributed by atoms with E-state index in [0.717, 1.165) is 0 Å². The molecule has 0 aromatic carbocycles. The normalized spacial score (nSPS) is 22.3. The molecule has 0 bridgehead atoms. The Morgan fingerprint density at radius 3 is 2.48 bits per heavy atom. The van der Waals surface area contributed by atoms with Crippen molar-refractivity contribution in [2.24, 2.45) is 11.3 Å². The zero-order valence-electron chi connectivity index (χ0n) is 13.3. The van der Waals surface area contributed by atoms with Gasteiger partial charge in [0.2, 0.25) is 0 Å². The van der Waals surface area contributed by atoms with E-state index in [2.05, 4.69) is 0 Å². The predicted molar refractivity (Wildman–Crippen MR) is 88.7 cm³/mol.